The maximum absolute atomic E-state index is 4.37. The topological polar surface area (TPSA) is 44.0 Å². The Balaban J connectivity index is 2.37. The lowest BCUT2D eigenvalue weighted by molar-refractivity contribution is 0.777. The fourth-order valence-corrected chi connectivity index (χ4v) is 1.69. The maximum atomic E-state index is 4.37. The summed E-state index contributed by atoms with van der Waals surface area (Å²) in [6.45, 7) is 2.80. The lowest BCUT2D eigenvalue weighted by Crippen LogP contribution is -2.28. The molecule has 0 spiro atoms. The molecular formula is C11H16N4. The van der Waals surface area contributed by atoms with Crippen molar-refractivity contribution >= 4 is 16.7 Å². The van der Waals surface area contributed by atoms with Crippen LogP contribution in [0.2, 0.25) is 0 Å². The van der Waals surface area contributed by atoms with Crippen molar-refractivity contribution in [1.29, 1.82) is 0 Å². The molecule has 80 valence electrons. The van der Waals surface area contributed by atoms with Crippen molar-refractivity contribution in [3.63, 3.8) is 0 Å². The first-order valence-corrected chi connectivity index (χ1v) is 5.03. The summed E-state index contributed by atoms with van der Waals surface area (Å²) in [7, 11) is 4.00. The third-order valence-corrected chi connectivity index (χ3v) is 2.42. The van der Waals surface area contributed by atoms with Crippen molar-refractivity contribution < 1.29 is 0 Å². The number of imidazole rings is 1. The summed E-state index contributed by atoms with van der Waals surface area (Å²) in [4.78, 5) is 9.76. The molecule has 1 aromatic heterocycles. The van der Waals surface area contributed by atoms with Crippen molar-refractivity contribution in [2.75, 3.05) is 25.7 Å². The highest BCUT2D eigenvalue weighted by Gasteiger charge is 2.03. The number of H-pyrrole nitrogens is 1. The van der Waals surface area contributed by atoms with Crippen LogP contribution in [-0.2, 0) is 0 Å². The molecule has 0 bridgehead atoms. The standard InChI is InChI=1S/C11H16N4/c1-8-13-10-5-4-9(6-11(10)14-8)15(3)7-12-2/h4-6,12H,7H2,1-3H3,(H,13,14). The van der Waals surface area contributed by atoms with Crippen molar-refractivity contribution in [3.8, 4) is 0 Å². The van der Waals surface area contributed by atoms with E-state index in [0.29, 0.717) is 0 Å². The minimum absolute atomic E-state index is 0.832. The molecule has 0 saturated carbocycles. The summed E-state index contributed by atoms with van der Waals surface area (Å²) in [5.41, 5.74) is 3.29. The molecule has 0 amide bonds. The Bertz CT molecular complexity index is 461. The Morgan fingerprint density at radius 1 is 1.47 bits per heavy atom. The quantitative estimate of drug-likeness (QED) is 0.744. The Morgan fingerprint density at radius 2 is 2.27 bits per heavy atom. The SMILES string of the molecule is CNCN(C)c1ccc2nc(C)[nH]c2c1. The average molecular weight is 204 g/mol. The number of nitrogens with one attached hydrogen (secondary N) is 2. The molecule has 0 aliphatic heterocycles. The van der Waals surface area contributed by atoms with Gasteiger partial charge in [-0.15, -0.1) is 0 Å². The fraction of sp³-hybridized carbons (Fsp3) is 0.364. The van der Waals surface area contributed by atoms with Gasteiger partial charge in [-0.3, -0.25) is 0 Å². The number of fused-ring (bicyclic) bond motifs is 1. The molecular weight excluding hydrogens is 188 g/mol. The van der Waals surface area contributed by atoms with Gasteiger partial charge in [-0.2, -0.15) is 0 Å². The van der Waals surface area contributed by atoms with E-state index in [1.165, 1.54) is 5.69 Å². The minimum atomic E-state index is 0.832. The molecule has 0 saturated heterocycles. The third-order valence-electron chi connectivity index (χ3n) is 2.42. The van der Waals surface area contributed by atoms with Gasteiger partial charge in [-0.1, -0.05) is 0 Å². The smallest absolute Gasteiger partial charge is 0.104 e. The van der Waals surface area contributed by atoms with Gasteiger partial charge < -0.3 is 15.2 Å². The van der Waals surface area contributed by atoms with Crippen LogP contribution in [0.15, 0.2) is 18.2 Å². The zero-order valence-corrected chi connectivity index (χ0v) is 9.33. The largest absolute Gasteiger partial charge is 0.362 e. The van der Waals surface area contributed by atoms with Gasteiger partial charge in [0.15, 0.2) is 0 Å². The van der Waals surface area contributed by atoms with Crippen LogP contribution in [0, 0.1) is 6.92 Å². The molecule has 0 fully saturated rings. The highest BCUT2D eigenvalue weighted by atomic mass is 15.2. The van der Waals surface area contributed by atoms with Gasteiger partial charge in [0.1, 0.15) is 5.82 Å². The third kappa shape index (κ3) is 1.94. The number of benzene rings is 1. The van der Waals surface area contributed by atoms with Gasteiger partial charge in [-0.05, 0) is 32.2 Å². The van der Waals surface area contributed by atoms with E-state index < -0.39 is 0 Å². The predicted molar refractivity (Wildman–Crippen MR) is 63.2 cm³/mol. The zero-order valence-electron chi connectivity index (χ0n) is 9.33. The van der Waals surface area contributed by atoms with E-state index in [-0.39, 0.29) is 0 Å². The maximum Gasteiger partial charge on any atom is 0.104 e. The normalized spacial score (nSPS) is 10.9. The van der Waals surface area contributed by atoms with Gasteiger partial charge in [0, 0.05) is 12.7 Å². The van der Waals surface area contributed by atoms with Gasteiger partial charge in [0.25, 0.3) is 0 Å². The van der Waals surface area contributed by atoms with Crippen molar-refractivity contribution in [3.05, 3.63) is 24.0 Å². The van der Waals surface area contributed by atoms with E-state index in [2.05, 4.69) is 39.4 Å². The fourth-order valence-electron chi connectivity index (χ4n) is 1.69. The van der Waals surface area contributed by atoms with Crippen LogP contribution in [0.4, 0.5) is 5.69 Å². The molecule has 2 rings (SSSR count). The number of aryl methyl sites for hydroxylation is 1. The summed E-state index contributed by atoms with van der Waals surface area (Å²) in [5, 5.41) is 3.12. The van der Waals surface area contributed by atoms with E-state index in [1.54, 1.807) is 0 Å². The highest BCUT2D eigenvalue weighted by Crippen LogP contribution is 2.19. The molecule has 0 aliphatic carbocycles. The molecule has 0 atom stereocenters. The Morgan fingerprint density at radius 3 is 3.00 bits per heavy atom. The van der Waals surface area contributed by atoms with Crippen LogP contribution >= 0.6 is 0 Å². The van der Waals surface area contributed by atoms with Gasteiger partial charge in [0.05, 0.1) is 17.7 Å². The summed E-state index contributed by atoms with van der Waals surface area (Å²) >= 11 is 0. The lowest BCUT2D eigenvalue weighted by atomic mass is 10.2. The van der Waals surface area contributed by atoms with E-state index in [1.807, 2.05) is 20.0 Å². The Hall–Kier alpha value is -1.55. The van der Waals surface area contributed by atoms with Crippen LogP contribution in [0.25, 0.3) is 11.0 Å². The first kappa shape index (κ1) is 9.98. The molecule has 2 aromatic rings. The summed E-state index contributed by atoms with van der Waals surface area (Å²) in [6.07, 6.45) is 0. The molecule has 0 radical (unpaired) electrons. The first-order chi connectivity index (χ1) is 7.20. The summed E-state index contributed by atoms with van der Waals surface area (Å²) < 4.78 is 0. The van der Waals surface area contributed by atoms with Crippen LogP contribution in [0.1, 0.15) is 5.82 Å². The molecule has 1 aromatic carbocycles. The van der Waals surface area contributed by atoms with Crippen LogP contribution in [0.5, 0.6) is 0 Å². The highest BCUT2D eigenvalue weighted by molar-refractivity contribution is 5.79. The summed E-state index contributed by atoms with van der Waals surface area (Å²) in [5.74, 6) is 0.957. The number of aromatic nitrogens is 2. The predicted octanol–water partition coefficient (Wildman–Crippen LogP) is 1.48. The second-order valence-electron chi connectivity index (χ2n) is 3.73. The van der Waals surface area contributed by atoms with Crippen molar-refractivity contribution in [1.82, 2.24) is 15.3 Å². The minimum Gasteiger partial charge on any atom is -0.362 e. The first-order valence-electron chi connectivity index (χ1n) is 5.03. The van der Waals surface area contributed by atoms with Crippen molar-refractivity contribution in [2.24, 2.45) is 0 Å². The van der Waals surface area contributed by atoms with Crippen LogP contribution < -0.4 is 10.2 Å². The van der Waals surface area contributed by atoms with Crippen molar-refractivity contribution in [2.45, 2.75) is 6.92 Å². The van der Waals surface area contributed by atoms with E-state index in [0.717, 1.165) is 23.5 Å². The van der Waals surface area contributed by atoms with Crippen LogP contribution in [0.3, 0.4) is 0 Å². The monoisotopic (exact) mass is 204 g/mol. The van der Waals surface area contributed by atoms with Gasteiger partial charge in [0.2, 0.25) is 0 Å². The summed E-state index contributed by atoms with van der Waals surface area (Å²) in [6, 6.07) is 6.24. The number of hydrogen-bond acceptors (Lipinski definition) is 3. The molecule has 0 aliphatic rings. The number of anilines is 1. The molecule has 0 unspecified atom stereocenters. The van der Waals surface area contributed by atoms with Gasteiger partial charge >= 0.3 is 0 Å². The van der Waals surface area contributed by atoms with Gasteiger partial charge in [-0.25, -0.2) is 4.98 Å². The number of hydrogen-bond donors (Lipinski definition) is 2. The number of nitrogens with zero attached hydrogens (tertiary/aromatic N) is 2. The Kier molecular flexibility index (Phi) is 2.60. The Labute approximate surface area is 89.3 Å². The van der Waals surface area contributed by atoms with E-state index >= 15 is 0 Å². The number of aromatic amines is 1. The molecule has 15 heavy (non-hydrogen) atoms. The second-order valence-corrected chi connectivity index (χ2v) is 3.73. The molecule has 2 N–H and O–H groups in total. The van der Waals surface area contributed by atoms with Crippen LogP contribution in [-0.4, -0.2) is 30.7 Å². The zero-order chi connectivity index (χ0) is 10.8. The lowest BCUT2D eigenvalue weighted by Gasteiger charge is -2.18. The molecule has 4 nitrogen and oxygen atoms in total. The van der Waals surface area contributed by atoms with E-state index in [9.17, 15) is 0 Å². The molecule has 1 heterocycles. The van der Waals surface area contributed by atoms with E-state index in [4.69, 9.17) is 0 Å². The number of rotatable bonds is 3. The molecule has 4 heteroatoms. The average Bonchev–Trinajstić information content (AvgIpc) is 2.57. The second kappa shape index (κ2) is 3.90.